The van der Waals surface area contributed by atoms with E-state index in [1.807, 2.05) is 0 Å². The van der Waals surface area contributed by atoms with E-state index in [0.29, 0.717) is 0 Å². The highest BCUT2D eigenvalue weighted by atomic mass is 35.5. The van der Waals surface area contributed by atoms with Gasteiger partial charge in [-0.2, -0.15) is 0 Å². The summed E-state index contributed by atoms with van der Waals surface area (Å²) in [5.74, 6) is -4.04. The van der Waals surface area contributed by atoms with Crippen molar-refractivity contribution in [3.8, 4) is 0 Å². The number of carbonyl (C=O) groups excluding carboxylic acids is 1. The van der Waals surface area contributed by atoms with Gasteiger partial charge in [-0.1, -0.05) is 17.7 Å². The minimum atomic E-state index is -1.06. The first-order chi connectivity index (χ1) is 8.50. The molecule has 0 aliphatic heterocycles. The Kier molecular flexibility index (Phi) is 3.39. The standard InChI is InChI=1S/C13H6ClF3O/c14-7-4-5-8(11(17)6-7)13(18)12-9(15)2-1-3-10(12)16/h1-6H. The van der Waals surface area contributed by atoms with Gasteiger partial charge in [0.2, 0.25) is 5.78 Å². The second kappa shape index (κ2) is 4.82. The van der Waals surface area contributed by atoms with E-state index in [1.165, 1.54) is 6.07 Å². The Balaban J connectivity index is 2.55. The van der Waals surface area contributed by atoms with Crippen LogP contribution in [0.25, 0.3) is 0 Å². The average molecular weight is 271 g/mol. The predicted molar refractivity (Wildman–Crippen MR) is 61.2 cm³/mol. The van der Waals surface area contributed by atoms with Crippen molar-refractivity contribution in [3.63, 3.8) is 0 Å². The van der Waals surface area contributed by atoms with Gasteiger partial charge in [0, 0.05) is 5.02 Å². The lowest BCUT2D eigenvalue weighted by Gasteiger charge is -2.05. The van der Waals surface area contributed by atoms with Crippen LogP contribution in [0.3, 0.4) is 0 Å². The molecule has 0 saturated carbocycles. The van der Waals surface area contributed by atoms with Gasteiger partial charge in [0.05, 0.1) is 11.1 Å². The van der Waals surface area contributed by atoms with Crippen molar-refractivity contribution in [3.05, 3.63) is 70.0 Å². The lowest BCUT2D eigenvalue weighted by Crippen LogP contribution is -2.09. The van der Waals surface area contributed by atoms with E-state index in [-0.39, 0.29) is 5.02 Å². The minimum Gasteiger partial charge on any atom is -0.288 e. The van der Waals surface area contributed by atoms with Crippen molar-refractivity contribution in [1.82, 2.24) is 0 Å². The van der Waals surface area contributed by atoms with Crippen molar-refractivity contribution < 1.29 is 18.0 Å². The number of halogens is 4. The smallest absolute Gasteiger partial charge is 0.201 e. The summed E-state index contributed by atoms with van der Waals surface area (Å²) in [6, 6.07) is 6.27. The van der Waals surface area contributed by atoms with Crippen LogP contribution in [0.2, 0.25) is 5.02 Å². The zero-order valence-corrected chi connectivity index (χ0v) is 9.64. The molecule has 0 unspecified atom stereocenters. The van der Waals surface area contributed by atoms with Gasteiger partial charge in [-0.05, 0) is 30.3 Å². The second-order valence-electron chi connectivity index (χ2n) is 3.55. The predicted octanol–water partition coefficient (Wildman–Crippen LogP) is 3.99. The zero-order chi connectivity index (χ0) is 13.3. The maximum absolute atomic E-state index is 13.5. The van der Waals surface area contributed by atoms with E-state index in [4.69, 9.17) is 11.6 Å². The normalized spacial score (nSPS) is 10.4. The summed E-state index contributed by atoms with van der Waals surface area (Å²) in [6.45, 7) is 0. The number of carbonyl (C=O) groups is 1. The first-order valence-corrected chi connectivity index (χ1v) is 5.32. The molecule has 0 fully saturated rings. The fourth-order valence-corrected chi connectivity index (χ4v) is 1.68. The minimum absolute atomic E-state index is 0.0954. The Hall–Kier alpha value is -1.81. The molecule has 5 heteroatoms. The summed E-state index contributed by atoms with van der Waals surface area (Å²) in [5.41, 5.74) is -1.21. The molecule has 92 valence electrons. The molecule has 2 rings (SSSR count). The van der Waals surface area contributed by atoms with Crippen LogP contribution in [-0.2, 0) is 0 Å². The van der Waals surface area contributed by atoms with Crippen LogP contribution in [-0.4, -0.2) is 5.78 Å². The van der Waals surface area contributed by atoms with Crippen LogP contribution in [0.5, 0.6) is 0 Å². The third-order valence-electron chi connectivity index (χ3n) is 2.37. The highest BCUT2D eigenvalue weighted by Crippen LogP contribution is 2.21. The van der Waals surface area contributed by atoms with Gasteiger partial charge >= 0.3 is 0 Å². The maximum atomic E-state index is 13.5. The molecular weight excluding hydrogens is 265 g/mol. The van der Waals surface area contributed by atoms with Crippen LogP contribution < -0.4 is 0 Å². The number of hydrogen-bond acceptors (Lipinski definition) is 1. The summed E-state index contributed by atoms with van der Waals surface area (Å²) in [7, 11) is 0. The Labute approximate surface area is 106 Å². The molecule has 0 saturated heterocycles. The van der Waals surface area contributed by atoms with E-state index in [2.05, 4.69) is 0 Å². The van der Waals surface area contributed by atoms with E-state index < -0.39 is 34.4 Å². The van der Waals surface area contributed by atoms with Gasteiger partial charge in [0.1, 0.15) is 17.5 Å². The summed E-state index contributed by atoms with van der Waals surface area (Å²) in [4.78, 5) is 11.9. The van der Waals surface area contributed by atoms with Crippen molar-refractivity contribution in [2.45, 2.75) is 0 Å². The van der Waals surface area contributed by atoms with Gasteiger partial charge in [-0.15, -0.1) is 0 Å². The molecule has 2 aromatic rings. The highest BCUT2D eigenvalue weighted by Gasteiger charge is 2.21. The van der Waals surface area contributed by atoms with Crippen LogP contribution in [0, 0.1) is 17.5 Å². The zero-order valence-electron chi connectivity index (χ0n) is 8.88. The molecule has 0 aliphatic rings. The van der Waals surface area contributed by atoms with Crippen LogP contribution in [0.1, 0.15) is 15.9 Å². The van der Waals surface area contributed by atoms with Gasteiger partial charge in [-0.3, -0.25) is 4.79 Å². The highest BCUT2D eigenvalue weighted by molar-refractivity contribution is 6.30. The lowest BCUT2D eigenvalue weighted by atomic mass is 10.0. The molecular formula is C13H6ClF3O. The fourth-order valence-electron chi connectivity index (χ4n) is 1.52. The third-order valence-corrected chi connectivity index (χ3v) is 2.60. The molecule has 0 N–H and O–H groups in total. The van der Waals surface area contributed by atoms with Crippen molar-refractivity contribution >= 4 is 17.4 Å². The van der Waals surface area contributed by atoms with Gasteiger partial charge in [0.15, 0.2) is 0 Å². The Morgan fingerprint density at radius 3 is 2.11 bits per heavy atom. The van der Waals surface area contributed by atoms with E-state index in [9.17, 15) is 18.0 Å². The molecule has 0 amide bonds. The van der Waals surface area contributed by atoms with E-state index >= 15 is 0 Å². The SMILES string of the molecule is O=C(c1ccc(Cl)cc1F)c1c(F)cccc1F. The van der Waals surface area contributed by atoms with Gasteiger partial charge < -0.3 is 0 Å². The lowest BCUT2D eigenvalue weighted by molar-refractivity contribution is 0.102. The number of ketones is 1. The average Bonchev–Trinajstić information content (AvgIpc) is 2.28. The first-order valence-electron chi connectivity index (χ1n) is 4.94. The van der Waals surface area contributed by atoms with Gasteiger partial charge in [0.25, 0.3) is 0 Å². The van der Waals surface area contributed by atoms with Crippen LogP contribution in [0.15, 0.2) is 36.4 Å². The quantitative estimate of drug-likeness (QED) is 0.754. The number of hydrogen-bond donors (Lipinski definition) is 0. The monoisotopic (exact) mass is 270 g/mol. The Morgan fingerprint density at radius 2 is 1.56 bits per heavy atom. The van der Waals surface area contributed by atoms with Gasteiger partial charge in [-0.25, -0.2) is 13.2 Å². The van der Waals surface area contributed by atoms with E-state index in [1.54, 1.807) is 0 Å². The molecule has 0 radical (unpaired) electrons. The van der Waals surface area contributed by atoms with Crippen molar-refractivity contribution in [2.24, 2.45) is 0 Å². The molecule has 0 aliphatic carbocycles. The molecule has 0 heterocycles. The van der Waals surface area contributed by atoms with Crippen molar-refractivity contribution in [1.29, 1.82) is 0 Å². The third kappa shape index (κ3) is 2.24. The van der Waals surface area contributed by atoms with Crippen molar-refractivity contribution in [2.75, 3.05) is 0 Å². The molecule has 0 bridgehead atoms. The molecule has 0 atom stereocenters. The van der Waals surface area contributed by atoms with Crippen LogP contribution >= 0.6 is 11.6 Å². The summed E-state index contributed by atoms with van der Waals surface area (Å²) in [5, 5.41) is 0.0954. The molecule has 1 nitrogen and oxygen atoms in total. The maximum Gasteiger partial charge on any atom is 0.201 e. The first kappa shape index (κ1) is 12.6. The topological polar surface area (TPSA) is 17.1 Å². The fraction of sp³-hybridized carbons (Fsp3) is 0. The number of benzene rings is 2. The molecule has 18 heavy (non-hydrogen) atoms. The summed E-state index contributed by atoms with van der Waals surface area (Å²) in [6.07, 6.45) is 0. The molecule has 0 spiro atoms. The molecule has 2 aromatic carbocycles. The summed E-state index contributed by atoms with van der Waals surface area (Å²) < 4.78 is 40.3. The second-order valence-corrected chi connectivity index (χ2v) is 3.99. The van der Waals surface area contributed by atoms with Crippen LogP contribution in [0.4, 0.5) is 13.2 Å². The largest absolute Gasteiger partial charge is 0.288 e. The summed E-state index contributed by atoms with van der Waals surface area (Å²) >= 11 is 5.53. The van der Waals surface area contributed by atoms with E-state index in [0.717, 1.165) is 30.3 Å². The number of rotatable bonds is 2. The molecule has 0 aromatic heterocycles. The Morgan fingerprint density at radius 1 is 0.944 bits per heavy atom. The Bertz CT molecular complexity index is 605.